The van der Waals surface area contributed by atoms with E-state index in [4.69, 9.17) is 4.74 Å². The lowest BCUT2D eigenvalue weighted by molar-refractivity contribution is -0.0160. The molecule has 0 saturated carbocycles. The molecule has 0 aliphatic carbocycles. The summed E-state index contributed by atoms with van der Waals surface area (Å²) in [5.74, 6) is 0.520. The Morgan fingerprint density at radius 1 is 1.21 bits per heavy atom. The molecule has 3 aromatic rings. The van der Waals surface area contributed by atoms with E-state index in [-0.39, 0.29) is 16.8 Å². The van der Waals surface area contributed by atoms with Crippen molar-refractivity contribution in [2.75, 3.05) is 26.0 Å². The Morgan fingerprint density at radius 2 is 1.97 bits per heavy atom. The average molecular weight is 415 g/mol. The number of nitrogens with one attached hydrogen (secondary N) is 1. The third-order valence-electron chi connectivity index (χ3n) is 5.08. The number of halogens is 1. The average Bonchev–Trinajstić information content (AvgIpc) is 3.20. The van der Waals surface area contributed by atoms with Crippen LogP contribution in [0, 0.1) is 5.82 Å². The number of nitrogens with zero attached hydrogens (tertiary/aromatic N) is 2. The van der Waals surface area contributed by atoms with Crippen molar-refractivity contribution in [1.82, 2.24) is 14.9 Å². The van der Waals surface area contributed by atoms with Crippen LogP contribution in [0.5, 0.6) is 0 Å². The lowest BCUT2D eigenvalue weighted by Gasteiger charge is -2.34. The molecule has 0 amide bonds. The van der Waals surface area contributed by atoms with Crippen molar-refractivity contribution < 1.29 is 17.5 Å². The summed E-state index contributed by atoms with van der Waals surface area (Å²) in [6.07, 6.45) is 2.91. The minimum Gasteiger partial charge on any atom is -0.378 e. The van der Waals surface area contributed by atoms with Crippen molar-refractivity contribution in [2.45, 2.75) is 17.5 Å². The third kappa shape index (κ3) is 4.39. The Balaban J connectivity index is 1.56. The lowest BCUT2D eigenvalue weighted by atomic mass is 10.1. The molecular weight excluding hydrogens is 393 g/mol. The van der Waals surface area contributed by atoms with E-state index in [1.807, 2.05) is 6.07 Å². The first kappa shape index (κ1) is 19.8. The van der Waals surface area contributed by atoms with Crippen LogP contribution in [0.4, 0.5) is 4.39 Å². The number of H-pyrrole nitrogens is 1. The van der Waals surface area contributed by atoms with Gasteiger partial charge in [0, 0.05) is 24.9 Å². The maximum atomic E-state index is 14.1. The molecule has 152 valence electrons. The normalized spacial score (nSPS) is 18.1. The van der Waals surface area contributed by atoms with E-state index in [1.54, 1.807) is 42.6 Å². The van der Waals surface area contributed by atoms with E-state index in [0.717, 1.165) is 17.1 Å². The molecule has 0 bridgehead atoms. The Bertz CT molecular complexity index is 1100. The SMILES string of the molecule is CS(=O)(=O)c1ccc(-c2cnc(C3COCCN3Cc3ccccc3F)[nH]2)cc1. The molecule has 1 saturated heterocycles. The number of sulfone groups is 1. The van der Waals surface area contributed by atoms with Crippen LogP contribution in [0.3, 0.4) is 0 Å². The molecule has 2 aromatic carbocycles. The first-order valence-corrected chi connectivity index (χ1v) is 11.2. The van der Waals surface area contributed by atoms with Crippen LogP contribution in [-0.4, -0.2) is 49.3 Å². The molecule has 1 aromatic heterocycles. The highest BCUT2D eigenvalue weighted by Gasteiger charge is 2.27. The van der Waals surface area contributed by atoms with Gasteiger partial charge in [-0.2, -0.15) is 0 Å². The second-order valence-corrected chi connectivity index (χ2v) is 9.15. The van der Waals surface area contributed by atoms with Crippen molar-refractivity contribution in [2.24, 2.45) is 0 Å². The summed E-state index contributed by atoms with van der Waals surface area (Å²) >= 11 is 0. The van der Waals surface area contributed by atoms with Gasteiger partial charge in [0.2, 0.25) is 0 Å². The zero-order valence-electron chi connectivity index (χ0n) is 16.0. The maximum absolute atomic E-state index is 14.1. The van der Waals surface area contributed by atoms with Crippen LogP contribution in [0.15, 0.2) is 59.6 Å². The fourth-order valence-corrected chi connectivity index (χ4v) is 4.09. The first-order chi connectivity index (χ1) is 13.9. The van der Waals surface area contributed by atoms with Gasteiger partial charge in [0.25, 0.3) is 0 Å². The molecule has 1 N–H and O–H groups in total. The minimum atomic E-state index is -3.23. The zero-order valence-corrected chi connectivity index (χ0v) is 16.8. The number of rotatable bonds is 5. The number of hydrogen-bond acceptors (Lipinski definition) is 5. The highest BCUT2D eigenvalue weighted by molar-refractivity contribution is 7.90. The van der Waals surface area contributed by atoms with Crippen LogP contribution in [0.1, 0.15) is 17.4 Å². The van der Waals surface area contributed by atoms with Crippen LogP contribution in [0.2, 0.25) is 0 Å². The Labute approximate surface area is 169 Å². The predicted molar refractivity (Wildman–Crippen MR) is 108 cm³/mol. The van der Waals surface area contributed by atoms with Gasteiger partial charge in [0.05, 0.1) is 36.0 Å². The van der Waals surface area contributed by atoms with Gasteiger partial charge < -0.3 is 9.72 Å². The van der Waals surface area contributed by atoms with Crippen molar-refractivity contribution in [3.05, 3.63) is 71.9 Å². The van der Waals surface area contributed by atoms with Gasteiger partial charge in [-0.3, -0.25) is 4.90 Å². The molecule has 4 rings (SSSR count). The molecule has 29 heavy (non-hydrogen) atoms. The molecule has 1 fully saturated rings. The van der Waals surface area contributed by atoms with E-state index in [2.05, 4.69) is 14.9 Å². The summed E-state index contributed by atoms with van der Waals surface area (Å²) < 4.78 is 43.0. The summed E-state index contributed by atoms with van der Waals surface area (Å²) in [5.41, 5.74) is 2.27. The molecule has 1 atom stereocenters. The van der Waals surface area contributed by atoms with Gasteiger partial charge in [-0.25, -0.2) is 17.8 Å². The van der Waals surface area contributed by atoms with Crippen LogP contribution >= 0.6 is 0 Å². The molecule has 0 radical (unpaired) electrons. The highest BCUT2D eigenvalue weighted by Crippen LogP contribution is 2.27. The largest absolute Gasteiger partial charge is 0.378 e. The van der Waals surface area contributed by atoms with Gasteiger partial charge in [0.1, 0.15) is 11.6 Å². The van der Waals surface area contributed by atoms with Gasteiger partial charge in [-0.05, 0) is 23.8 Å². The molecule has 6 nitrogen and oxygen atoms in total. The third-order valence-corrected chi connectivity index (χ3v) is 6.20. The van der Waals surface area contributed by atoms with Gasteiger partial charge >= 0.3 is 0 Å². The summed E-state index contributed by atoms with van der Waals surface area (Å²) in [5, 5.41) is 0. The first-order valence-electron chi connectivity index (χ1n) is 9.32. The summed E-state index contributed by atoms with van der Waals surface area (Å²) in [6, 6.07) is 13.3. The number of aromatic nitrogens is 2. The fourth-order valence-electron chi connectivity index (χ4n) is 3.46. The standard InChI is InChI=1S/C21H22FN3O3S/c1-29(26,27)17-8-6-15(7-9-17)19-12-23-21(24-19)20-14-28-11-10-25(20)13-16-4-2-3-5-18(16)22/h2-9,12,20H,10-11,13-14H2,1H3,(H,23,24). The summed E-state index contributed by atoms with van der Waals surface area (Å²) in [7, 11) is -3.23. The quantitative estimate of drug-likeness (QED) is 0.693. The second-order valence-electron chi connectivity index (χ2n) is 7.13. The molecule has 8 heteroatoms. The molecule has 2 heterocycles. The number of imidazole rings is 1. The fraction of sp³-hybridized carbons (Fsp3) is 0.286. The van der Waals surface area contributed by atoms with Crippen molar-refractivity contribution >= 4 is 9.84 Å². The maximum Gasteiger partial charge on any atom is 0.175 e. The second kappa shape index (κ2) is 8.06. The van der Waals surface area contributed by atoms with E-state index in [1.165, 1.54) is 12.3 Å². The Hall–Kier alpha value is -2.55. The predicted octanol–water partition coefficient (Wildman–Crippen LogP) is 3.19. The van der Waals surface area contributed by atoms with Crippen LogP contribution in [0.25, 0.3) is 11.3 Å². The number of hydrogen-bond donors (Lipinski definition) is 1. The van der Waals surface area contributed by atoms with E-state index >= 15 is 0 Å². The highest BCUT2D eigenvalue weighted by atomic mass is 32.2. The van der Waals surface area contributed by atoms with E-state index in [9.17, 15) is 12.8 Å². The van der Waals surface area contributed by atoms with Crippen molar-refractivity contribution in [1.29, 1.82) is 0 Å². The molecule has 1 unspecified atom stereocenters. The molecule has 1 aliphatic rings. The van der Waals surface area contributed by atoms with Gasteiger partial charge in [-0.1, -0.05) is 30.3 Å². The van der Waals surface area contributed by atoms with Gasteiger partial charge in [0.15, 0.2) is 9.84 Å². The van der Waals surface area contributed by atoms with Crippen molar-refractivity contribution in [3.8, 4) is 11.3 Å². The van der Waals surface area contributed by atoms with Crippen molar-refractivity contribution in [3.63, 3.8) is 0 Å². The number of aromatic amines is 1. The summed E-state index contributed by atoms with van der Waals surface area (Å²) in [4.78, 5) is 10.3. The van der Waals surface area contributed by atoms with Crippen LogP contribution < -0.4 is 0 Å². The number of ether oxygens (including phenoxy) is 1. The monoisotopic (exact) mass is 415 g/mol. The summed E-state index contributed by atoms with van der Waals surface area (Å²) in [6.45, 7) is 2.21. The number of benzene rings is 2. The lowest BCUT2D eigenvalue weighted by Crippen LogP contribution is -2.39. The molecule has 1 aliphatic heterocycles. The molecular formula is C21H22FN3O3S. The van der Waals surface area contributed by atoms with Crippen LogP contribution in [-0.2, 0) is 21.1 Å². The Kier molecular flexibility index (Phi) is 5.49. The zero-order chi connectivity index (χ0) is 20.4. The van der Waals surface area contributed by atoms with E-state index < -0.39 is 9.84 Å². The smallest absolute Gasteiger partial charge is 0.175 e. The van der Waals surface area contributed by atoms with E-state index in [0.29, 0.717) is 31.9 Å². The topological polar surface area (TPSA) is 75.3 Å². The minimum absolute atomic E-state index is 0.118. The Morgan fingerprint density at radius 3 is 2.69 bits per heavy atom. The molecule has 0 spiro atoms. The number of morpholine rings is 1. The van der Waals surface area contributed by atoms with Gasteiger partial charge in [-0.15, -0.1) is 0 Å².